The number of ether oxygens (including phenoxy) is 3. The molecule has 0 aliphatic carbocycles. The molecule has 0 saturated heterocycles. The van der Waals surface area contributed by atoms with Gasteiger partial charge in [0.25, 0.3) is 5.91 Å². The van der Waals surface area contributed by atoms with E-state index in [0.717, 1.165) is 0 Å². The minimum Gasteiger partial charge on any atom is -0.493 e. The molecule has 3 N–H and O–H groups in total. The molecule has 0 radical (unpaired) electrons. The van der Waals surface area contributed by atoms with Crippen LogP contribution in [0.5, 0.6) is 17.2 Å². The summed E-state index contributed by atoms with van der Waals surface area (Å²) in [6, 6.07) is 3.19. The van der Waals surface area contributed by atoms with Gasteiger partial charge in [-0.15, -0.1) is 0 Å². The van der Waals surface area contributed by atoms with E-state index >= 15 is 0 Å². The normalized spacial score (nSPS) is 10.9. The molecule has 1 aromatic rings. The summed E-state index contributed by atoms with van der Waals surface area (Å²) in [5.74, 6) is 1.07. The fraction of sp³-hybridized carbons (Fsp3) is 0.500. The number of hydrogen-bond acceptors (Lipinski definition) is 5. The number of carbonyl (C=O) groups excluding carboxylic acids is 1. The third kappa shape index (κ3) is 4.03. The molecule has 0 aliphatic rings. The van der Waals surface area contributed by atoms with Crippen LogP contribution in [0.4, 0.5) is 0 Å². The van der Waals surface area contributed by atoms with E-state index in [2.05, 4.69) is 5.32 Å². The maximum Gasteiger partial charge on any atom is 0.251 e. The van der Waals surface area contributed by atoms with Crippen LogP contribution in [0.2, 0.25) is 0 Å². The average molecular weight is 282 g/mol. The fourth-order valence-corrected chi connectivity index (χ4v) is 1.62. The van der Waals surface area contributed by atoms with E-state index in [4.69, 9.17) is 19.9 Å². The standard InChI is InChI=1S/C14H22N2O4/c1-14(2,15)8-16-13(17)9-6-10(18-3)12(20-5)11(7-9)19-4/h6-7H,8,15H2,1-5H3,(H,16,17). The Kier molecular flexibility index (Phi) is 5.21. The molecule has 0 atom stereocenters. The van der Waals surface area contributed by atoms with Gasteiger partial charge in [-0.05, 0) is 26.0 Å². The van der Waals surface area contributed by atoms with Crippen molar-refractivity contribution < 1.29 is 19.0 Å². The maximum atomic E-state index is 12.1. The van der Waals surface area contributed by atoms with Gasteiger partial charge >= 0.3 is 0 Å². The van der Waals surface area contributed by atoms with Crippen LogP contribution in [-0.2, 0) is 0 Å². The molecule has 1 aromatic carbocycles. The van der Waals surface area contributed by atoms with Crippen molar-refractivity contribution >= 4 is 5.91 Å². The number of rotatable bonds is 6. The first-order valence-corrected chi connectivity index (χ1v) is 6.19. The van der Waals surface area contributed by atoms with Crippen molar-refractivity contribution in [1.82, 2.24) is 5.32 Å². The second kappa shape index (κ2) is 6.47. The summed E-state index contributed by atoms with van der Waals surface area (Å²) >= 11 is 0. The first-order chi connectivity index (χ1) is 9.32. The van der Waals surface area contributed by atoms with Gasteiger partial charge in [0.2, 0.25) is 5.75 Å². The van der Waals surface area contributed by atoms with Crippen molar-refractivity contribution in [2.24, 2.45) is 5.73 Å². The van der Waals surface area contributed by atoms with E-state index in [1.807, 2.05) is 13.8 Å². The van der Waals surface area contributed by atoms with Crippen LogP contribution in [0.25, 0.3) is 0 Å². The molecule has 0 aliphatic heterocycles. The minimum absolute atomic E-state index is 0.247. The van der Waals surface area contributed by atoms with Gasteiger partial charge in [-0.2, -0.15) is 0 Å². The molecule has 1 rings (SSSR count). The van der Waals surface area contributed by atoms with Crippen molar-refractivity contribution in [3.05, 3.63) is 17.7 Å². The summed E-state index contributed by atoms with van der Waals surface area (Å²) in [5, 5.41) is 2.76. The summed E-state index contributed by atoms with van der Waals surface area (Å²) in [4.78, 5) is 12.1. The Morgan fingerprint density at radius 1 is 1.15 bits per heavy atom. The molecule has 6 heteroatoms. The Morgan fingerprint density at radius 3 is 2.00 bits per heavy atom. The number of methoxy groups -OCH3 is 3. The van der Waals surface area contributed by atoms with Crippen LogP contribution in [0.1, 0.15) is 24.2 Å². The third-order valence-electron chi connectivity index (χ3n) is 2.63. The largest absolute Gasteiger partial charge is 0.493 e. The summed E-state index contributed by atoms with van der Waals surface area (Å²) in [5.41, 5.74) is 5.78. The minimum atomic E-state index is -0.476. The molecule has 0 spiro atoms. The predicted molar refractivity (Wildman–Crippen MR) is 76.7 cm³/mol. The second-order valence-electron chi connectivity index (χ2n) is 5.09. The molecule has 6 nitrogen and oxygen atoms in total. The first kappa shape index (κ1) is 16.1. The van der Waals surface area contributed by atoms with Gasteiger partial charge in [-0.1, -0.05) is 0 Å². The fourth-order valence-electron chi connectivity index (χ4n) is 1.62. The molecule has 0 heterocycles. The SMILES string of the molecule is COc1cc(C(=O)NCC(C)(C)N)cc(OC)c1OC. The molecule has 0 bridgehead atoms. The number of benzene rings is 1. The molecule has 20 heavy (non-hydrogen) atoms. The number of hydrogen-bond donors (Lipinski definition) is 2. The molecule has 112 valence electrons. The average Bonchev–Trinajstić information content (AvgIpc) is 2.42. The van der Waals surface area contributed by atoms with Crippen molar-refractivity contribution in [3.63, 3.8) is 0 Å². The highest BCUT2D eigenvalue weighted by molar-refractivity contribution is 5.95. The van der Waals surface area contributed by atoms with Crippen molar-refractivity contribution in [3.8, 4) is 17.2 Å². The van der Waals surface area contributed by atoms with Crippen molar-refractivity contribution in [2.75, 3.05) is 27.9 Å². The van der Waals surface area contributed by atoms with E-state index in [-0.39, 0.29) is 5.91 Å². The number of amides is 1. The Balaban J connectivity index is 3.04. The van der Waals surface area contributed by atoms with Crippen LogP contribution in [-0.4, -0.2) is 39.3 Å². The Bertz CT molecular complexity index is 456. The summed E-state index contributed by atoms with van der Waals surface area (Å²) in [6.45, 7) is 4.04. The lowest BCUT2D eigenvalue weighted by atomic mass is 10.1. The van der Waals surface area contributed by atoms with Gasteiger partial charge in [0.15, 0.2) is 11.5 Å². The summed E-state index contributed by atoms with van der Waals surface area (Å²) < 4.78 is 15.6. The highest BCUT2D eigenvalue weighted by Gasteiger charge is 2.18. The Morgan fingerprint density at radius 2 is 1.65 bits per heavy atom. The van der Waals surface area contributed by atoms with Crippen molar-refractivity contribution in [2.45, 2.75) is 19.4 Å². The molecular formula is C14H22N2O4. The molecular weight excluding hydrogens is 260 g/mol. The van der Waals surface area contributed by atoms with Gasteiger partial charge in [-0.3, -0.25) is 4.79 Å². The van der Waals surface area contributed by atoms with Crippen LogP contribution in [0, 0.1) is 0 Å². The third-order valence-corrected chi connectivity index (χ3v) is 2.63. The van der Waals surface area contributed by atoms with Gasteiger partial charge in [-0.25, -0.2) is 0 Å². The predicted octanol–water partition coefficient (Wildman–Crippen LogP) is 1.18. The number of nitrogens with one attached hydrogen (secondary N) is 1. The number of nitrogens with two attached hydrogens (primary N) is 1. The van der Waals surface area contributed by atoms with Crippen molar-refractivity contribution in [1.29, 1.82) is 0 Å². The van der Waals surface area contributed by atoms with Crippen LogP contribution < -0.4 is 25.3 Å². The zero-order valence-electron chi connectivity index (χ0n) is 12.6. The first-order valence-electron chi connectivity index (χ1n) is 6.19. The molecule has 0 saturated carbocycles. The van der Waals surface area contributed by atoms with Gasteiger partial charge in [0, 0.05) is 17.6 Å². The summed E-state index contributed by atoms with van der Waals surface area (Å²) in [7, 11) is 4.51. The van der Waals surface area contributed by atoms with E-state index in [1.54, 1.807) is 12.1 Å². The molecule has 1 amide bonds. The molecule has 0 fully saturated rings. The quantitative estimate of drug-likeness (QED) is 0.818. The van der Waals surface area contributed by atoms with E-state index < -0.39 is 5.54 Å². The van der Waals surface area contributed by atoms with Crippen LogP contribution in [0.3, 0.4) is 0 Å². The summed E-state index contributed by atoms with van der Waals surface area (Å²) in [6.07, 6.45) is 0. The molecule has 0 aromatic heterocycles. The van der Waals surface area contributed by atoms with Gasteiger partial charge in [0.05, 0.1) is 21.3 Å². The second-order valence-corrected chi connectivity index (χ2v) is 5.09. The smallest absolute Gasteiger partial charge is 0.251 e. The molecule has 0 unspecified atom stereocenters. The van der Waals surface area contributed by atoms with Gasteiger partial charge < -0.3 is 25.3 Å². The van der Waals surface area contributed by atoms with Gasteiger partial charge in [0.1, 0.15) is 0 Å². The van der Waals surface area contributed by atoms with Crippen LogP contribution >= 0.6 is 0 Å². The highest BCUT2D eigenvalue weighted by atomic mass is 16.5. The van der Waals surface area contributed by atoms with E-state index in [1.165, 1.54) is 21.3 Å². The lowest BCUT2D eigenvalue weighted by Gasteiger charge is -2.19. The number of carbonyl (C=O) groups is 1. The maximum absolute atomic E-state index is 12.1. The van der Waals surface area contributed by atoms with E-state index in [9.17, 15) is 4.79 Å². The zero-order chi connectivity index (χ0) is 15.3. The zero-order valence-corrected chi connectivity index (χ0v) is 12.6. The lowest BCUT2D eigenvalue weighted by molar-refractivity contribution is 0.0945. The monoisotopic (exact) mass is 282 g/mol. The highest BCUT2D eigenvalue weighted by Crippen LogP contribution is 2.38. The van der Waals surface area contributed by atoms with E-state index in [0.29, 0.717) is 29.4 Å². The Hall–Kier alpha value is -1.95. The van der Waals surface area contributed by atoms with Crippen LogP contribution in [0.15, 0.2) is 12.1 Å². The Labute approximate surface area is 119 Å². The topological polar surface area (TPSA) is 82.8 Å². The lowest BCUT2D eigenvalue weighted by Crippen LogP contribution is -2.45.